The van der Waals surface area contributed by atoms with Crippen molar-refractivity contribution in [1.29, 1.82) is 0 Å². The lowest BCUT2D eigenvalue weighted by Crippen LogP contribution is -2.60. The number of nitrogens with zero attached hydrogens (tertiary/aromatic N) is 2. The number of ether oxygens (including phenoxy) is 1. The van der Waals surface area contributed by atoms with Crippen molar-refractivity contribution in [2.45, 2.75) is 28.5 Å². The monoisotopic (exact) mass is 492 g/mol. The number of likely N-dealkylation sites (tertiary alicyclic amines) is 2. The summed E-state index contributed by atoms with van der Waals surface area (Å²) in [5.74, 6) is -4.58. The molecule has 3 fully saturated rings. The largest absolute Gasteiger partial charge is 0.508 e. The van der Waals surface area contributed by atoms with Crippen molar-refractivity contribution in [3.8, 4) is 11.5 Å². The molecule has 0 bridgehead atoms. The maximum absolute atomic E-state index is 13.4. The number of imide groups is 2. The Labute approximate surface area is 200 Å². The van der Waals surface area contributed by atoms with Gasteiger partial charge < -0.3 is 9.84 Å². The molecule has 4 aliphatic rings. The number of aromatic hydroxyl groups is 1. The van der Waals surface area contributed by atoms with Crippen LogP contribution in [0.2, 0.25) is 0 Å². The Hall–Kier alpha value is -2.58. The van der Waals surface area contributed by atoms with Gasteiger partial charge in [-0.25, -0.2) is 0 Å². The third-order valence-electron chi connectivity index (χ3n) is 7.78. The van der Waals surface area contributed by atoms with E-state index in [1.54, 1.807) is 12.1 Å². The molecule has 1 saturated carbocycles. The second kappa shape index (κ2) is 6.96. The SMILES string of the molecule is COc1ccc(C2C3=CCC4C(=O)N(C)C(=O)C4C3CC3(Cl)C(=O)N(C)C(=O)C23Cl)c(O)c1. The van der Waals surface area contributed by atoms with E-state index in [0.29, 0.717) is 23.3 Å². The first-order valence-electron chi connectivity index (χ1n) is 10.6. The zero-order valence-corrected chi connectivity index (χ0v) is 19.7. The number of fused-ring (bicyclic) bond motifs is 4. The van der Waals surface area contributed by atoms with E-state index < -0.39 is 45.2 Å². The van der Waals surface area contributed by atoms with Crippen molar-refractivity contribution in [3.63, 3.8) is 0 Å². The summed E-state index contributed by atoms with van der Waals surface area (Å²) < 4.78 is 5.17. The summed E-state index contributed by atoms with van der Waals surface area (Å²) in [5.41, 5.74) is 0.933. The molecule has 1 N–H and O–H groups in total. The molecule has 5 rings (SSSR count). The lowest BCUT2D eigenvalue weighted by atomic mass is 9.56. The standard InChI is InChI=1S/C23H22Cl2N2O6/c1-26-18(29)13-7-6-11-14(16(13)19(26)30)9-22(24)20(31)27(2)21(32)23(22,25)17(11)12-5-4-10(33-3)8-15(12)28/h4-6,8,13-14,16-17,28H,7,9H2,1-3H3. The maximum Gasteiger partial charge on any atom is 0.253 e. The molecular weight excluding hydrogens is 471 g/mol. The second-order valence-electron chi connectivity index (χ2n) is 9.16. The van der Waals surface area contributed by atoms with Gasteiger partial charge in [0.15, 0.2) is 9.75 Å². The van der Waals surface area contributed by atoms with Crippen molar-refractivity contribution in [2.24, 2.45) is 17.8 Å². The summed E-state index contributed by atoms with van der Waals surface area (Å²) in [6.07, 6.45) is 2.04. The molecule has 10 heteroatoms. The van der Waals surface area contributed by atoms with Crippen LogP contribution >= 0.6 is 23.2 Å². The summed E-state index contributed by atoms with van der Waals surface area (Å²) >= 11 is 14.0. The van der Waals surface area contributed by atoms with Gasteiger partial charge >= 0.3 is 0 Å². The first kappa shape index (κ1) is 22.2. The van der Waals surface area contributed by atoms with Crippen molar-refractivity contribution in [1.82, 2.24) is 9.80 Å². The van der Waals surface area contributed by atoms with E-state index in [0.717, 1.165) is 9.80 Å². The Morgan fingerprint density at radius 1 is 1.03 bits per heavy atom. The van der Waals surface area contributed by atoms with Crippen LogP contribution in [0.4, 0.5) is 0 Å². The molecule has 2 aliphatic heterocycles. The molecule has 174 valence electrons. The average molecular weight is 493 g/mol. The van der Waals surface area contributed by atoms with E-state index in [1.165, 1.54) is 27.3 Å². The number of methoxy groups -OCH3 is 1. The number of phenols is 1. The molecule has 0 spiro atoms. The number of hydrogen-bond acceptors (Lipinski definition) is 6. The van der Waals surface area contributed by atoms with Crippen molar-refractivity contribution in [3.05, 3.63) is 35.4 Å². The normalized spacial score (nSPS) is 37.7. The number of carbonyl (C=O) groups is 4. The summed E-state index contributed by atoms with van der Waals surface area (Å²) in [6.45, 7) is 0. The molecule has 1 aromatic rings. The highest BCUT2D eigenvalue weighted by Gasteiger charge is 2.76. The molecule has 6 unspecified atom stereocenters. The minimum atomic E-state index is -1.92. The van der Waals surface area contributed by atoms with Gasteiger partial charge in [-0.15, -0.1) is 23.2 Å². The molecule has 0 aromatic heterocycles. The topological polar surface area (TPSA) is 104 Å². The fourth-order valence-electron chi connectivity index (χ4n) is 6.14. The van der Waals surface area contributed by atoms with Crippen LogP contribution in [0.25, 0.3) is 0 Å². The first-order valence-corrected chi connectivity index (χ1v) is 11.3. The number of benzene rings is 1. The first-order chi connectivity index (χ1) is 15.5. The number of phenolic OH excluding ortho intramolecular Hbond substituents is 1. The Bertz CT molecular complexity index is 1170. The highest BCUT2D eigenvalue weighted by molar-refractivity contribution is 6.53. The van der Waals surface area contributed by atoms with Crippen LogP contribution in [0.15, 0.2) is 29.8 Å². The van der Waals surface area contributed by atoms with Gasteiger partial charge in [0.1, 0.15) is 11.5 Å². The van der Waals surface area contributed by atoms with Gasteiger partial charge in [-0.1, -0.05) is 17.7 Å². The number of halogens is 2. The highest BCUT2D eigenvalue weighted by Crippen LogP contribution is 2.65. The molecule has 6 atom stereocenters. The minimum Gasteiger partial charge on any atom is -0.508 e. The van der Waals surface area contributed by atoms with Gasteiger partial charge in [-0.05, 0) is 24.8 Å². The maximum atomic E-state index is 13.4. The fourth-order valence-corrected chi connectivity index (χ4v) is 7.15. The van der Waals surface area contributed by atoms with E-state index in [4.69, 9.17) is 27.9 Å². The van der Waals surface area contributed by atoms with Gasteiger partial charge in [0.05, 0.1) is 18.9 Å². The quantitative estimate of drug-likeness (QED) is 0.384. The van der Waals surface area contributed by atoms with Crippen LogP contribution in [0, 0.1) is 17.8 Å². The molecule has 2 aliphatic carbocycles. The van der Waals surface area contributed by atoms with Gasteiger partial charge in [0.2, 0.25) is 11.8 Å². The van der Waals surface area contributed by atoms with Gasteiger partial charge in [-0.3, -0.25) is 29.0 Å². The fraction of sp³-hybridized carbons (Fsp3) is 0.478. The summed E-state index contributed by atoms with van der Waals surface area (Å²) in [4.78, 5) is 50.6. The number of amides is 4. The van der Waals surface area contributed by atoms with Crippen LogP contribution < -0.4 is 4.74 Å². The zero-order valence-electron chi connectivity index (χ0n) is 18.2. The van der Waals surface area contributed by atoms with Crippen molar-refractivity contribution < 1.29 is 29.0 Å². The van der Waals surface area contributed by atoms with Gasteiger partial charge in [0.25, 0.3) is 11.8 Å². The lowest BCUT2D eigenvalue weighted by molar-refractivity contribution is -0.140. The van der Waals surface area contributed by atoms with Gasteiger partial charge in [0, 0.05) is 31.6 Å². The highest BCUT2D eigenvalue weighted by atomic mass is 35.5. The number of carbonyl (C=O) groups excluding carboxylic acids is 4. The summed E-state index contributed by atoms with van der Waals surface area (Å²) in [6, 6.07) is 4.59. The minimum absolute atomic E-state index is 0.0692. The van der Waals surface area contributed by atoms with Crippen LogP contribution in [0.3, 0.4) is 0 Å². The van der Waals surface area contributed by atoms with Crippen LogP contribution in [-0.4, -0.2) is 69.5 Å². The van der Waals surface area contributed by atoms with E-state index in [-0.39, 0.29) is 24.0 Å². The molecule has 2 heterocycles. The van der Waals surface area contributed by atoms with Crippen LogP contribution in [0.5, 0.6) is 11.5 Å². The molecule has 2 saturated heterocycles. The molecule has 0 radical (unpaired) electrons. The third kappa shape index (κ3) is 2.53. The molecule has 1 aromatic carbocycles. The van der Waals surface area contributed by atoms with Crippen molar-refractivity contribution >= 4 is 46.8 Å². The number of alkyl halides is 2. The predicted octanol–water partition coefficient (Wildman–Crippen LogP) is 2.02. The Morgan fingerprint density at radius 3 is 2.36 bits per heavy atom. The van der Waals surface area contributed by atoms with Crippen molar-refractivity contribution in [2.75, 3.05) is 21.2 Å². The van der Waals surface area contributed by atoms with E-state index in [2.05, 4.69) is 0 Å². The number of rotatable bonds is 2. The van der Waals surface area contributed by atoms with Crippen LogP contribution in [-0.2, 0) is 19.2 Å². The Kier molecular flexibility index (Phi) is 4.69. The summed E-state index contributed by atoms with van der Waals surface area (Å²) in [7, 11) is 4.22. The second-order valence-corrected chi connectivity index (χ2v) is 10.4. The molecule has 33 heavy (non-hydrogen) atoms. The average Bonchev–Trinajstić information content (AvgIpc) is 3.09. The molecular formula is C23H22Cl2N2O6. The Morgan fingerprint density at radius 2 is 1.73 bits per heavy atom. The van der Waals surface area contributed by atoms with Gasteiger partial charge in [-0.2, -0.15) is 0 Å². The lowest BCUT2D eigenvalue weighted by Gasteiger charge is -2.50. The number of hydrogen-bond donors (Lipinski definition) is 1. The number of allylic oxidation sites excluding steroid dienone is 2. The predicted molar refractivity (Wildman–Crippen MR) is 118 cm³/mol. The van der Waals surface area contributed by atoms with E-state index in [1.807, 2.05) is 6.08 Å². The summed E-state index contributed by atoms with van der Waals surface area (Å²) in [5, 5.41) is 10.9. The van der Waals surface area contributed by atoms with E-state index >= 15 is 0 Å². The smallest absolute Gasteiger partial charge is 0.253 e. The Balaban J connectivity index is 1.76. The van der Waals surface area contributed by atoms with E-state index in [9.17, 15) is 24.3 Å². The van der Waals surface area contributed by atoms with Crippen LogP contribution in [0.1, 0.15) is 24.3 Å². The molecule has 8 nitrogen and oxygen atoms in total. The zero-order chi connectivity index (χ0) is 24.0. The third-order valence-corrected chi connectivity index (χ3v) is 9.20. The molecule has 4 amide bonds.